The zero-order valence-corrected chi connectivity index (χ0v) is 35.6. The van der Waals surface area contributed by atoms with Crippen molar-refractivity contribution in [3.63, 3.8) is 0 Å². The summed E-state index contributed by atoms with van der Waals surface area (Å²) in [6, 6.07) is 19.6. The number of methoxy groups -OCH3 is 2. The molecule has 5 amide bonds. The summed E-state index contributed by atoms with van der Waals surface area (Å²) in [5.74, 6) is -1.10. The van der Waals surface area contributed by atoms with Gasteiger partial charge in [0.1, 0.15) is 18.2 Å². The highest BCUT2D eigenvalue weighted by Crippen LogP contribution is 2.23. The molecule has 316 valence electrons. The Bertz CT molecular complexity index is 1800. The number of alkyl carbamates (subject to hydrolysis) is 3. The Kier molecular flexibility index (Phi) is 16.6. The Balaban J connectivity index is 2.15. The van der Waals surface area contributed by atoms with Crippen molar-refractivity contribution in [3.8, 4) is 11.3 Å². The van der Waals surface area contributed by atoms with Crippen LogP contribution in [0.1, 0.15) is 73.4 Å². The molecule has 0 aliphatic heterocycles. The fourth-order valence-electron chi connectivity index (χ4n) is 5.96. The maximum Gasteiger partial charge on any atom is 0.407 e. The SMILES string of the molecule is COC(=O)N[C@H](C(=O)N[C@@H](Cc1ccccc1)[C@H](CN(Cc1ccc(-c2ccccn2)cc1)NC(=O)[C@@H](NC(=O)OC)C(C)(C)C)OC(=O)NC(C)(C)C)C(C)(C)C. The zero-order valence-electron chi connectivity index (χ0n) is 35.6. The molecule has 5 N–H and O–H groups in total. The highest BCUT2D eigenvalue weighted by molar-refractivity contribution is 5.87. The Labute approximate surface area is 342 Å². The summed E-state index contributed by atoms with van der Waals surface area (Å²) >= 11 is 0. The molecule has 0 bridgehead atoms. The third kappa shape index (κ3) is 15.3. The van der Waals surface area contributed by atoms with Gasteiger partial charge in [0.05, 0.1) is 32.5 Å². The molecule has 58 heavy (non-hydrogen) atoms. The second-order valence-corrected chi connectivity index (χ2v) is 17.3. The van der Waals surface area contributed by atoms with Crippen molar-refractivity contribution in [1.82, 2.24) is 36.7 Å². The van der Waals surface area contributed by atoms with Crippen LogP contribution in [0.3, 0.4) is 0 Å². The summed E-state index contributed by atoms with van der Waals surface area (Å²) in [4.78, 5) is 71.3. The third-order valence-corrected chi connectivity index (χ3v) is 8.92. The minimum atomic E-state index is -1.11. The first-order chi connectivity index (χ1) is 27.1. The lowest BCUT2D eigenvalue weighted by Crippen LogP contribution is -2.61. The van der Waals surface area contributed by atoms with E-state index in [0.29, 0.717) is 0 Å². The number of hydrogen-bond acceptors (Lipinski definition) is 10. The van der Waals surface area contributed by atoms with Crippen molar-refractivity contribution in [3.05, 3.63) is 90.1 Å². The Morgan fingerprint density at radius 1 is 0.655 bits per heavy atom. The van der Waals surface area contributed by atoms with E-state index in [1.807, 2.05) is 72.8 Å². The van der Waals surface area contributed by atoms with Crippen molar-refractivity contribution in [2.24, 2.45) is 10.8 Å². The van der Waals surface area contributed by atoms with Gasteiger partial charge in [0.25, 0.3) is 5.91 Å². The molecule has 3 aromatic rings. The number of nitrogens with one attached hydrogen (secondary N) is 5. The molecule has 2 aromatic carbocycles. The van der Waals surface area contributed by atoms with Gasteiger partial charge < -0.3 is 35.5 Å². The predicted octanol–water partition coefficient (Wildman–Crippen LogP) is 5.74. The standard InChI is InChI=1S/C43H61N7O8/c1-41(2,3)34(46-38(53)56-10)36(51)45-32(25-28-17-13-12-14-18-28)33(58-40(55)48-43(7,8)9)27-50(49-37(52)35(42(4,5)6)47-39(54)57-11)26-29-20-22-30(23-21-29)31-19-15-16-24-44-31/h12-24,32-35H,25-27H2,1-11H3,(H,45,51)(H,46,53)(H,47,54)(H,48,55)(H,49,52)/t32-,33-,34+,35+/m0/s1. The van der Waals surface area contributed by atoms with Gasteiger partial charge >= 0.3 is 18.3 Å². The molecule has 0 aliphatic rings. The number of benzene rings is 2. The van der Waals surface area contributed by atoms with Gasteiger partial charge in [-0.3, -0.25) is 20.0 Å². The van der Waals surface area contributed by atoms with E-state index < -0.39 is 70.7 Å². The topological polar surface area (TPSA) is 189 Å². The minimum Gasteiger partial charge on any atom is -0.453 e. The van der Waals surface area contributed by atoms with Crippen LogP contribution in [0.4, 0.5) is 14.4 Å². The van der Waals surface area contributed by atoms with Crippen molar-refractivity contribution < 1.29 is 38.2 Å². The zero-order chi connectivity index (χ0) is 43.3. The second kappa shape index (κ2) is 20.6. The van der Waals surface area contributed by atoms with Crippen LogP contribution in [0.25, 0.3) is 11.3 Å². The molecule has 3 rings (SSSR count). The number of rotatable bonds is 15. The molecule has 15 nitrogen and oxygen atoms in total. The molecule has 0 radical (unpaired) electrons. The maximum atomic E-state index is 14.2. The largest absolute Gasteiger partial charge is 0.453 e. The summed E-state index contributed by atoms with van der Waals surface area (Å²) < 4.78 is 15.9. The Hall–Kier alpha value is -5.70. The molecule has 0 saturated carbocycles. The van der Waals surface area contributed by atoms with Crippen LogP contribution >= 0.6 is 0 Å². The van der Waals surface area contributed by atoms with Gasteiger partial charge in [-0.25, -0.2) is 19.4 Å². The molecular formula is C43H61N7O8. The molecular weight excluding hydrogens is 743 g/mol. The number of nitrogens with zero attached hydrogens (tertiary/aromatic N) is 2. The van der Waals surface area contributed by atoms with Crippen molar-refractivity contribution in [1.29, 1.82) is 0 Å². The number of carbonyl (C=O) groups excluding carboxylic acids is 5. The van der Waals surface area contributed by atoms with Crippen LogP contribution in [0.2, 0.25) is 0 Å². The number of hydrazine groups is 1. The maximum absolute atomic E-state index is 14.2. The molecule has 0 spiro atoms. The quantitative estimate of drug-likeness (QED) is 0.0936. The summed E-state index contributed by atoms with van der Waals surface area (Å²) in [7, 11) is 2.42. The van der Waals surface area contributed by atoms with Gasteiger partial charge in [-0.15, -0.1) is 0 Å². The lowest BCUT2D eigenvalue weighted by atomic mass is 9.85. The van der Waals surface area contributed by atoms with E-state index in [9.17, 15) is 24.0 Å². The molecule has 0 saturated heterocycles. The van der Waals surface area contributed by atoms with Gasteiger partial charge in [0, 0.05) is 23.8 Å². The van der Waals surface area contributed by atoms with E-state index in [4.69, 9.17) is 14.2 Å². The van der Waals surface area contributed by atoms with Crippen LogP contribution in [-0.2, 0) is 36.8 Å². The highest BCUT2D eigenvalue weighted by Gasteiger charge is 2.39. The van der Waals surface area contributed by atoms with Crippen LogP contribution in [0.5, 0.6) is 0 Å². The second-order valence-electron chi connectivity index (χ2n) is 17.3. The number of carbonyl (C=O) groups is 5. The molecule has 1 heterocycles. The number of amides is 5. The van der Waals surface area contributed by atoms with Crippen LogP contribution < -0.4 is 26.7 Å². The summed E-state index contributed by atoms with van der Waals surface area (Å²) in [6.07, 6.45) is -1.53. The number of hydrogen-bond donors (Lipinski definition) is 5. The molecule has 1 aromatic heterocycles. The van der Waals surface area contributed by atoms with E-state index in [1.165, 1.54) is 14.2 Å². The van der Waals surface area contributed by atoms with E-state index in [1.54, 1.807) is 73.5 Å². The van der Waals surface area contributed by atoms with Gasteiger partial charge in [0.15, 0.2) is 0 Å². The lowest BCUT2D eigenvalue weighted by Gasteiger charge is -2.37. The van der Waals surface area contributed by atoms with Crippen molar-refractivity contribution in [2.75, 3.05) is 20.8 Å². The summed E-state index contributed by atoms with van der Waals surface area (Å²) in [5, 5.41) is 12.8. The van der Waals surface area contributed by atoms with E-state index in [2.05, 4.69) is 31.7 Å². The number of pyridine rings is 1. The number of ether oxygens (including phenoxy) is 3. The van der Waals surface area contributed by atoms with Gasteiger partial charge in [-0.2, -0.15) is 0 Å². The Morgan fingerprint density at radius 3 is 1.71 bits per heavy atom. The van der Waals surface area contributed by atoms with Crippen LogP contribution in [0, 0.1) is 10.8 Å². The molecule has 0 fully saturated rings. The molecule has 0 unspecified atom stereocenters. The van der Waals surface area contributed by atoms with E-state index in [0.717, 1.165) is 22.4 Å². The first kappa shape index (κ1) is 46.7. The monoisotopic (exact) mass is 803 g/mol. The van der Waals surface area contributed by atoms with Gasteiger partial charge in [-0.05, 0) is 61.3 Å². The fourth-order valence-corrected chi connectivity index (χ4v) is 5.96. The normalized spacial score (nSPS) is 13.9. The minimum absolute atomic E-state index is 0.116. The van der Waals surface area contributed by atoms with Gasteiger partial charge in [-0.1, -0.05) is 102 Å². The first-order valence-corrected chi connectivity index (χ1v) is 19.2. The molecule has 15 heteroatoms. The molecule has 4 atom stereocenters. The van der Waals surface area contributed by atoms with Gasteiger partial charge in [0.2, 0.25) is 5.91 Å². The third-order valence-electron chi connectivity index (χ3n) is 8.92. The average Bonchev–Trinajstić information content (AvgIpc) is 3.14. The first-order valence-electron chi connectivity index (χ1n) is 19.2. The number of aromatic nitrogens is 1. The van der Waals surface area contributed by atoms with E-state index in [-0.39, 0.29) is 19.5 Å². The molecule has 0 aliphatic carbocycles. The lowest BCUT2D eigenvalue weighted by molar-refractivity contribution is -0.132. The fraction of sp³-hybridized carbons (Fsp3) is 0.488. The Morgan fingerprint density at radius 2 is 1.21 bits per heavy atom. The average molecular weight is 804 g/mol. The van der Waals surface area contributed by atoms with Crippen LogP contribution in [0.15, 0.2) is 79.0 Å². The van der Waals surface area contributed by atoms with Crippen molar-refractivity contribution in [2.45, 2.75) is 105 Å². The summed E-state index contributed by atoms with van der Waals surface area (Å²) in [5.41, 5.74) is 4.05. The summed E-state index contributed by atoms with van der Waals surface area (Å²) in [6.45, 7) is 16.2. The smallest absolute Gasteiger partial charge is 0.407 e. The van der Waals surface area contributed by atoms with Crippen molar-refractivity contribution >= 4 is 30.1 Å². The van der Waals surface area contributed by atoms with Crippen LogP contribution in [-0.4, -0.2) is 90.6 Å². The highest BCUT2D eigenvalue weighted by atomic mass is 16.6. The predicted molar refractivity (Wildman–Crippen MR) is 221 cm³/mol. The van der Waals surface area contributed by atoms with E-state index >= 15 is 0 Å².